The van der Waals surface area contributed by atoms with Crippen LogP contribution in [0.4, 0.5) is 0 Å². The highest BCUT2D eigenvalue weighted by Gasteiger charge is 2.27. The van der Waals surface area contributed by atoms with Crippen LogP contribution >= 0.6 is 0 Å². The number of hydrogen-bond acceptors (Lipinski definition) is 6. The fourth-order valence-corrected chi connectivity index (χ4v) is 3.22. The first-order chi connectivity index (χ1) is 14.3. The zero-order valence-electron chi connectivity index (χ0n) is 16.3. The second kappa shape index (κ2) is 8.87. The molecule has 1 amide bonds. The summed E-state index contributed by atoms with van der Waals surface area (Å²) in [5.74, 6) is 1.31. The zero-order chi connectivity index (χ0) is 20.1. The SMILES string of the molecule is CC[C@H](Oc1ccccc1-c1nnc(-c2ccccc2)o1)C(=O)N1CCOCC1. The number of rotatable bonds is 6. The number of hydrogen-bond donors (Lipinski definition) is 0. The van der Waals surface area contributed by atoms with Crippen molar-refractivity contribution in [3.63, 3.8) is 0 Å². The maximum absolute atomic E-state index is 12.9. The van der Waals surface area contributed by atoms with E-state index >= 15 is 0 Å². The molecule has 0 unspecified atom stereocenters. The lowest BCUT2D eigenvalue weighted by molar-refractivity contribution is -0.142. The van der Waals surface area contributed by atoms with E-state index in [1.807, 2.05) is 61.5 Å². The second-order valence-electron chi connectivity index (χ2n) is 6.73. The van der Waals surface area contributed by atoms with Crippen LogP contribution in [0.1, 0.15) is 13.3 Å². The van der Waals surface area contributed by atoms with Gasteiger partial charge in [0.25, 0.3) is 11.8 Å². The molecule has 1 saturated heterocycles. The number of carbonyl (C=O) groups excluding carboxylic acids is 1. The minimum absolute atomic E-state index is 0.0268. The van der Waals surface area contributed by atoms with Gasteiger partial charge in [0.05, 0.1) is 18.8 Å². The van der Waals surface area contributed by atoms with Gasteiger partial charge in [0, 0.05) is 18.7 Å². The predicted molar refractivity (Wildman–Crippen MR) is 107 cm³/mol. The molecule has 0 radical (unpaired) electrons. The second-order valence-corrected chi connectivity index (χ2v) is 6.73. The molecule has 0 aliphatic carbocycles. The van der Waals surface area contributed by atoms with E-state index < -0.39 is 6.10 Å². The number of carbonyl (C=O) groups is 1. The number of morpholine rings is 1. The summed E-state index contributed by atoms with van der Waals surface area (Å²) in [6, 6.07) is 17.0. The van der Waals surface area contributed by atoms with Crippen molar-refractivity contribution in [2.75, 3.05) is 26.3 Å². The summed E-state index contributed by atoms with van der Waals surface area (Å²) in [5, 5.41) is 8.33. The highest BCUT2D eigenvalue weighted by molar-refractivity contribution is 5.81. The van der Waals surface area contributed by atoms with Crippen LogP contribution in [0.5, 0.6) is 5.75 Å². The molecule has 2 heterocycles. The Morgan fingerprint density at radius 1 is 1.03 bits per heavy atom. The molecule has 0 N–H and O–H groups in total. The third-order valence-electron chi connectivity index (χ3n) is 4.80. The first-order valence-corrected chi connectivity index (χ1v) is 9.77. The van der Waals surface area contributed by atoms with Crippen molar-refractivity contribution in [3.05, 3.63) is 54.6 Å². The molecule has 7 heteroatoms. The highest BCUT2D eigenvalue weighted by atomic mass is 16.5. The molecule has 1 atom stereocenters. The Morgan fingerprint density at radius 3 is 2.48 bits per heavy atom. The van der Waals surface area contributed by atoms with Crippen LogP contribution in [-0.2, 0) is 9.53 Å². The first kappa shape index (κ1) is 19.1. The molecule has 0 bridgehead atoms. The predicted octanol–water partition coefficient (Wildman–Crippen LogP) is 3.42. The molecule has 2 aromatic carbocycles. The molecular formula is C22H23N3O4. The summed E-state index contributed by atoms with van der Waals surface area (Å²) in [6.07, 6.45) is -0.0188. The maximum atomic E-state index is 12.9. The van der Waals surface area contributed by atoms with Gasteiger partial charge in [-0.2, -0.15) is 0 Å². The van der Waals surface area contributed by atoms with Crippen molar-refractivity contribution < 1.29 is 18.7 Å². The largest absolute Gasteiger partial charge is 0.480 e. The van der Waals surface area contributed by atoms with E-state index in [4.69, 9.17) is 13.9 Å². The van der Waals surface area contributed by atoms with E-state index in [1.165, 1.54) is 0 Å². The fourth-order valence-electron chi connectivity index (χ4n) is 3.22. The third-order valence-corrected chi connectivity index (χ3v) is 4.80. The van der Waals surface area contributed by atoms with E-state index in [9.17, 15) is 4.79 Å². The molecule has 150 valence electrons. The van der Waals surface area contributed by atoms with Crippen LogP contribution in [0.3, 0.4) is 0 Å². The number of amides is 1. The van der Waals surface area contributed by atoms with Crippen molar-refractivity contribution in [2.45, 2.75) is 19.4 Å². The number of nitrogens with zero attached hydrogens (tertiary/aromatic N) is 3. The van der Waals surface area contributed by atoms with E-state index in [0.29, 0.717) is 55.8 Å². The van der Waals surface area contributed by atoms with Gasteiger partial charge in [-0.3, -0.25) is 4.79 Å². The maximum Gasteiger partial charge on any atom is 0.263 e. The summed E-state index contributed by atoms with van der Waals surface area (Å²) in [7, 11) is 0. The van der Waals surface area contributed by atoms with E-state index in [2.05, 4.69) is 10.2 Å². The Balaban J connectivity index is 1.57. The Hall–Kier alpha value is -3.19. The average Bonchev–Trinajstić information content (AvgIpc) is 3.28. The van der Waals surface area contributed by atoms with Crippen LogP contribution in [-0.4, -0.2) is 53.4 Å². The van der Waals surface area contributed by atoms with Crippen LogP contribution in [0.25, 0.3) is 22.9 Å². The zero-order valence-corrected chi connectivity index (χ0v) is 16.3. The van der Waals surface area contributed by atoms with Gasteiger partial charge in [0.15, 0.2) is 6.10 Å². The van der Waals surface area contributed by atoms with E-state index in [1.54, 1.807) is 4.90 Å². The molecule has 29 heavy (non-hydrogen) atoms. The highest BCUT2D eigenvalue weighted by Crippen LogP contribution is 2.32. The quantitative estimate of drug-likeness (QED) is 0.639. The minimum atomic E-state index is -0.578. The average molecular weight is 393 g/mol. The number of para-hydroxylation sites is 1. The Kier molecular flexibility index (Phi) is 5.86. The van der Waals surface area contributed by atoms with E-state index in [0.717, 1.165) is 5.56 Å². The van der Waals surface area contributed by atoms with Gasteiger partial charge in [0.1, 0.15) is 5.75 Å². The van der Waals surface area contributed by atoms with Crippen LogP contribution in [0.15, 0.2) is 59.0 Å². The van der Waals surface area contributed by atoms with E-state index in [-0.39, 0.29) is 5.91 Å². The molecule has 1 fully saturated rings. The minimum Gasteiger partial charge on any atom is -0.480 e. The smallest absolute Gasteiger partial charge is 0.263 e. The number of benzene rings is 2. The lowest BCUT2D eigenvalue weighted by atomic mass is 10.1. The first-order valence-electron chi connectivity index (χ1n) is 9.77. The molecule has 4 rings (SSSR count). The Labute approximate surface area is 169 Å². The molecule has 1 aliphatic rings. The number of ether oxygens (including phenoxy) is 2. The standard InChI is InChI=1S/C22H23N3O4/c1-2-18(22(26)25-12-14-27-15-13-25)28-19-11-7-6-10-17(19)21-24-23-20(29-21)16-8-4-3-5-9-16/h3-11,18H,2,12-15H2,1H3/t18-/m0/s1. The molecular weight excluding hydrogens is 370 g/mol. The lowest BCUT2D eigenvalue weighted by Gasteiger charge is -2.30. The topological polar surface area (TPSA) is 77.7 Å². The summed E-state index contributed by atoms with van der Waals surface area (Å²) in [5.41, 5.74) is 1.51. The van der Waals surface area contributed by atoms with Gasteiger partial charge >= 0.3 is 0 Å². The normalized spacial score (nSPS) is 15.1. The van der Waals surface area contributed by atoms with Gasteiger partial charge in [-0.05, 0) is 30.7 Å². The van der Waals surface area contributed by atoms with Crippen molar-refractivity contribution in [2.24, 2.45) is 0 Å². The van der Waals surface area contributed by atoms with Crippen LogP contribution < -0.4 is 4.74 Å². The van der Waals surface area contributed by atoms with Crippen LogP contribution in [0.2, 0.25) is 0 Å². The summed E-state index contributed by atoms with van der Waals surface area (Å²) < 4.78 is 17.3. The summed E-state index contributed by atoms with van der Waals surface area (Å²) >= 11 is 0. The fraction of sp³-hybridized carbons (Fsp3) is 0.318. The third kappa shape index (κ3) is 4.30. The summed E-state index contributed by atoms with van der Waals surface area (Å²) in [6.45, 7) is 4.23. The summed E-state index contributed by atoms with van der Waals surface area (Å²) in [4.78, 5) is 14.7. The van der Waals surface area contributed by atoms with Crippen molar-refractivity contribution in [3.8, 4) is 28.7 Å². The van der Waals surface area contributed by atoms with Crippen molar-refractivity contribution in [1.82, 2.24) is 15.1 Å². The van der Waals surface area contributed by atoms with Gasteiger partial charge in [-0.25, -0.2) is 0 Å². The Morgan fingerprint density at radius 2 is 1.72 bits per heavy atom. The number of aromatic nitrogens is 2. The van der Waals surface area contributed by atoms with Crippen molar-refractivity contribution in [1.29, 1.82) is 0 Å². The van der Waals surface area contributed by atoms with Gasteiger partial charge < -0.3 is 18.8 Å². The molecule has 3 aromatic rings. The van der Waals surface area contributed by atoms with Crippen molar-refractivity contribution >= 4 is 5.91 Å². The molecule has 0 spiro atoms. The molecule has 0 saturated carbocycles. The van der Waals surface area contributed by atoms with Gasteiger partial charge in [-0.1, -0.05) is 37.3 Å². The monoisotopic (exact) mass is 393 g/mol. The molecule has 1 aromatic heterocycles. The van der Waals surface area contributed by atoms with Gasteiger partial charge in [-0.15, -0.1) is 10.2 Å². The molecule has 7 nitrogen and oxygen atoms in total. The van der Waals surface area contributed by atoms with Gasteiger partial charge in [0.2, 0.25) is 5.89 Å². The lowest BCUT2D eigenvalue weighted by Crippen LogP contribution is -2.47. The Bertz CT molecular complexity index is 951. The van der Waals surface area contributed by atoms with Crippen LogP contribution in [0, 0.1) is 0 Å². The molecule has 1 aliphatic heterocycles.